The topological polar surface area (TPSA) is 51.7 Å². The third-order valence-corrected chi connectivity index (χ3v) is 4.72. The van der Waals surface area contributed by atoms with Crippen LogP contribution in [0, 0.1) is 0 Å². The van der Waals surface area contributed by atoms with Gasteiger partial charge < -0.3 is 14.4 Å². The van der Waals surface area contributed by atoms with Gasteiger partial charge in [-0.05, 0) is 55.8 Å². The van der Waals surface area contributed by atoms with E-state index in [2.05, 4.69) is 4.98 Å². The van der Waals surface area contributed by atoms with E-state index in [-0.39, 0.29) is 5.91 Å². The monoisotopic (exact) mass is 424 g/mol. The van der Waals surface area contributed by atoms with Gasteiger partial charge in [-0.2, -0.15) is 0 Å². The van der Waals surface area contributed by atoms with E-state index >= 15 is 0 Å². The summed E-state index contributed by atoms with van der Waals surface area (Å²) in [5, 5.41) is 1.70. The van der Waals surface area contributed by atoms with E-state index in [0.29, 0.717) is 23.1 Å². The summed E-state index contributed by atoms with van der Waals surface area (Å²) in [6, 6.07) is 15.3. The lowest BCUT2D eigenvalue weighted by molar-refractivity contribution is -0.135. The van der Waals surface area contributed by atoms with Crippen molar-refractivity contribution < 1.29 is 14.3 Å². The smallest absolute Gasteiger partial charge is 0.262 e. The van der Waals surface area contributed by atoms with Gasteiger partial charge in [0, 0.05) is 24.5 Å². The highest BCUT2D eigenvalue weighted by Gasteiger charge is 2.18. The minimum absolute atomic E-state index is 0.107. The largest absolute Gasteiger partial charge is 0.490 e. The molecule has 1 heterocycles. The molecule has 0 aliphatic carbocycles. The fourth-order valence-electron chi connectivity index (χ4n) is 2.98. The van der Waals surface area contributed by atoms with Crippen molar-refractivity contribution in [1.29, 1.82) is 0 Å². The second kappa shape index (κ2) is 9.63. The molecule has 5 nitrogen and oxygen atoms in total. The Morgan fingerprint density at radius 3 is 2.60 bits per heavy atom. The number of pyridine rings is 1. The molecule has 1 aromatic heterocycles. The third kappa shape index (κ3) is 5.30. The van der Waals surface area contributed by atoms with E-state index in [0.717, 1.165) is 22.2 Å². The molecule has 0 spiro atoms. The van der Waals surface area contributed by atoms with E-state index in [9.17, 15) is 4.79 Å². The maximum Gasteiger partial charge on any atom is 0.262 e. The number of benzene rings is 2. The fourth-order valence-corrected chi connectivity index (χ4v) is 3.15. The predicted molar refractivity (Wildman–Crippen MR) is 122 cm³/mol. The van der Waals surface area contributed by atoms with Gasteiger partial charge in [0.2, 0.25) is 0 Å². The lowest BCUT2D eigenvalue weighted by Gasteiger charge is -2.20. The Morgan fingerprint density at radius 1 is 1.10 bits per heavy atom. The number of likely N-dealkylation sites (N-methyl/N-ethyl adjacent to an activating group) is 1. The molecule has 0 radical (unpaired) electrons. The number of fused-ring (bicyclic) bond motifs is 1. The molecule has 1 unspecified atom stereocenters. The molecule has 6 heteroatoms. The maximum atomic E-state index is 12.1. The Labute approximate surface area is 181 Å². The minimum Gasteiger partial charge on any atom is -0.490 e. The molecule has 0 bridgehead atoms. The number of carbonyl (C=O) groups is 1. The van der Waals surface area contributed by atoms with Crippen molar-refractivity contribution >= 4 is 40.6 Å². The highest BCUT2D eigenvalue weighted by atomic mass is 35.5. The molecule has 1 amide bonds. The number of rotatable bonds is 7. The van der Waals surface area contributed by atoms with Gasteiger partial charge in [0.1, 0.15) is 0 Å². The van der Waals surface area contributed by atoms with Crippen LogP contribution >= 0.6 is 11.6 Å². The number of nitrogens with zero attached hydrogens (tertiary/aromatic N) is 2. The van der Waals surface area contributed by atoms with Crippen LogP contribution in [0.3, 0.4) is 0 Å². The summed E-state index contributed by atoms with van der Waals surface area (Å²) in [5.74, 6) is 1.02. The van der Waals surface area contributed by atoms with Crippen LogP contribution in [0.5, 0.6) is 11.5 Å². The molecule has 156 valence electrons. The molecule has 30 heavy (non-hydrogen) atoms. The quantitative estimate of drug-likeness (QED) is 0.515. The van der Waals surface area contributed by atoms with Gasteiger partial charge in [-0.25, -0.2) is 4.98 Å². The van der Waals surface area contributed by atoms with Crippen LogP contribution in [-0.4, -0.2) is 42.6 Å². The molecule has 0 saturated carbocycles. The number of amides is 1. The molecule has 3 aromatic rings. The third-order valence-electron chi connectivity index (χ3n) is 4.48. The first-order valence-electron chi connectivity index (χ1n) is 9.76. The summed E-state index contributed by atoms with van der Waals surface area (Å²) in [4.78, 5) is 18.2. The number of hydrogen-bond donors (Lipinski definition) is 0. The number of ether oxygens (including phenoxy) is 2. The normalized spacial score (nSPS) is 12.2. The van der Waals surface area contributed by atoms with Gasteiger partial charge in [0.25, 0.3) is 5.91 Å². The van der Waals surface area contributed by atoms with Crippen LogP contribution in [-0.2, 0) is 4.79 Å². The van der Waals surface area contributed by atoms with Crippen LogP contribution in [0.25, 0.3) is 23.1 Å². The van der Waals surface area contributed by atoms with Crippen molar-refractivity contribution in [3.63, 3.8) is 0 Å². The Morgan fingerprint density at radius 2 is 1.87 bits per heavy atom. The van der Waals surface area contributed by atoms with Crippen LogP contribution in [0.2, 0.25) is 5.02 Å². The average Bonchev–Trinajstić information content (AvgIpc) is 2.72. The summed E-state index contributed by atoms with van der Waals surface area (Å²) in [6.45, 7) is 4.13. The van der Waals surface area contributed by atoms with Gasteiger partial charge in [-0.3, -0.25) is 4.79 Å². The molecular formula is C24H25ClN2O3. The van der Waals surface area contributed by atoms with Crippen LogP contribution in [0.15, 0.2) is 48.5 Å². The highest BCUT2D eigenvalue weighted by molar-refractivity contribution is 6.31. The van der Waals surface area contributed by atoms with Crippen molar-refractivity contribution in [1.82, 2.24) is 9.88 Å². The lowest BCUT2D eigenvalue weighted by Crippen LogP contribution is -2.35. The standard InChI is InChI=1S/C24H25ClN2O3/c1-5-29-23-14-17(7-13-22(23)30-16(2)24(28)27(3)4)6-11-20-12-9-18-8-10-19(25)15-21(18)26-20/h6-16H,5H2,1-4H3. The second-order valence-corrected chi connectivity index (χ2v) is 7.47. The van der Waals surface area contributed by atoms with Crippen molar-refractivity contribution in [2.24, 2.45) is 0 Å². The zero-order chi connectivity index (χ0) is 21.7. The van der Waals surface area contributed by atoms with Gasteiger partial charge in [0.15, 0.2) is 17.6 Å². The van der Waals surface area contributed by atoms with Gasteiger partial charge in [-0.15, -0.1) is 0 Å². The first-order chi connectivity index (χ1) is 14.4. The number of aromatic nitrogens is 1. The Kier molecular flexibility index (Phi) is 6.95. The molecular weight excluding hydrogens is 400 g/mol. The molecule has 0 fully saturated rings. The fraction of sp³-hybridized carbons (Fsp3) is 0.250. The van der Waals surface area contributed by atoms with Gasteiger partial charge in [0.05, 0.1) is 17.8 Å². The van der Waals surface area contributed by atoms with E-state index in [1.54, 1.807) is 21.0 Å². The summed E-state index contributed by atoms with van der Waals surface area (Å²) in [5.41, 5.74) is 2.61. The number of carbonyl (C=O) groups excluding carboxylic acids is 1. The van der Waals surface area contributed by atoms with E-state index in [4.69, 9.17) is 21.1 Å². The molecule has 3 rings (SSSR count). The highest BCUT2D eigenvalue weighted by Crippen LogP contribution is 2.30. The van der Waals surface area contributed by atoms with Gasteiger partial charge >= 0.3 is 0 Å². The van der Waals surface area contributed by atoms with Crippen molar-refractivity contribution in [2.75, 3.05) is 20.7 Å². The molecule has 2 aromatic carbocycles. The molecule has 0 N–H and O–H groups in total. The lowest BCUT2D eigenvalue weighted by atomic mass is 10.1. The summed E-state index contributed by atoms with van der Waals surface area (Å²) < 4.78 is 11.6. The second-order valence-electron chi connectivity index (χ2n) is 7.04. The Hall–Kier alpha value is -3.05. The summed E-state index contributed by atoms with van der Waals surface area (Å²) >= 11 is 6.07. The molecule has 0 saturated heterocycles. The van der Waals surface area contributed by atoms with E-state index < -0.39 is 6.10 Å². The van der Waals surface area contributed by atoms with E-state index in [1.807, 2.05) is 67.6 Å². The first kappa shape index (κ1) is 21.7. The van der Waals surface area contributed by atoms with Crippen molar-refractivity contribution in [3.8, 4) is 11.5 Å². The SMILES string of the molecule is CCOc1cc(C=Cc2ccc3ccc(Cl)cc3n2)ccc1OC(C)C(=O)N(C)C. The van der Waals surface area contributed by atoms with Gasteiger partial charge in [-0.1, -0.05) is 35.9 Å². The molecule has 1 atom stereocenters. The predicted octanol–water partition coefficient (Wildman–Crippen LogP) is 5.31. The van der Waals surface area contributed by atoms with Crippen molar-refractivity contribution in [3.05, 3.63) is 64.8 Å². The van der Waals surface area contributed by atoms with E-state index in [1.165, 1.54) is 4.90 Å². The van der Waals surface area contributed by atoms with Crippen LogP contribution in [0.1, 0.15) is 25.1 Å². The van der Waals surface area contributed by atoms with Crippen LogP contribution in [0.4, 0.5) is 0 Å². The van der Waals surface area contributed by atoms with Crippen molar-refractivity contribution in [2.45, 2.75) is 20.0 Å². The number of halogens is 1. The first-order valence-corrected chi connectivity index (χ1v) is 10.1. The zero-order valence-electron chi connectivity index (χ0n) is 17.6. The Bertz CT molecular complexity index is 1080. The summed E-state index contributed by atoms with van der Waals surface area (Å²) in [7, 11) is 3.41. The average molecular weight is 425 g/mol. The molecule has 0 aliphatic heterocycles. The number of hydrogen-bond acceptors (Lipinski definition) is 4. The Balaban J connectivity index is 1.82. The zero-order valence-corrected chi connectivity index (χ0v) is 18.3. The minimum atomic E-state index is -0.603. The maximum absolute atomic E-state index is 12.1. The molecule has 0 aliphatic rings. The summed E-state index contributed by atoms with van der Waals surface area (Å²) in [6.07, 6.45) is 3.29. The van der Waals surface area contributed by atoms with Crippen LogP contribution < -0.4 is 9.47 Å².